The van der Waals surface area contributed by atoms with Gasteiger partial charge in [-0.15, -0.1) is 0 Å². The number of nitrogens with one attached hydrogen (secondary N) is 1. The highest BCUT2D eigenvalue weighted by Crippen LogP contribution is 2.23. The minimum absolute atomic E-state index is 0.536. The highest BCUT2D eigenvalue weighted by Gasteiger charge is 2.07. The first-order chi connectivity index (χ1) is 7.76. The molecule has 0 aliphatic rings. The Hall–Kier alpha value is -1.80. The number of hydrogen-bond acceptors (Lipinski definition) is 1. The summed E-state index contributed by atoms with van der Waals surface area (Å²) in [6.07, 6.45) is 3.24. The molecule has 0 spiro atoms. The van der Waals surface area contributed by atoms with Gasteiger partial charge in [0.1, 0.15) is 5.82 Å². The van der Waals surface area contributed by atoms with E-state index in [1.54, 1.807) is 12.2 Å². The molecule has 0 radical (unpaired) electrons. The van der Waals surface area contributed by atoms with Gasteiger partial charge in [-0.2, -0.15) is 0 Å². The third-order valence-electron chi connectivity index (χ3n) is 2.29. The van der Waals surface area contributed by atoms with Crippen LogP contribution in [0.1, 0.15) is 5.82 Å². The van der Waals surface area contributed by atoms with Crippen LogP contribution in [0.5, 0.6) is 0 Å². The number of benzene rings is 1. The molecular formula is C13H11ClN2. The fraction of sp³-hybridized carbons (Fsp3) is 0. The average Bonchev–Trinajstić information content (AvgIpc) is 2.72. The zero-order valence-corrected chi connectivity index (χ0v) is 9.46. The van der Waals surface area contributed by atoms with Crippen LogP contribution >= 0.6 is 11.6 Å². The second kappa shape index (κ2) is 4.37. The Bertz CT molecular complexity index is 545. The Balaban J connectivity index is 2.63. The number of aromatic amines is 1. The molecule has 2 nitrogen and oxygen atoms in total. The van der Waals surface area contributed by atoms with Crippen LogP contribution in [0.15, 0.2) is 54.6 Å². The SMILES string of the molecule is C=CC(Cl)=C(C=C)c1nc2ccccc2[nH]1. The molecule has 16 heavy (non-hydrogen) atoms. The second-order valence-corrected chi connectivity index (χ2v) is 3.68. The molecule has 2 rings (SSSR count). The Morgan fingerprint density at radius 1 is 1.25 bits per heavy atom. The molecule has 1 aromatic heterocycles. The third-order valence-corrected chi connectivity index (χ3v) is 2.64. The highest BCUT2D eigenvalue weighted by atomic mass is 35.5. The number of fused-ring (bicyclic) bond motifs is 1. The molecule has 0 aliphatic heterocycles. The van der Waals surface area contributed by atoms with Crippen molar-refractivity contribution in [2.45, 2.75) is 0 Å². The Kier molecular flexibility index (Phi) is 2.93. The van der Waals surface area contributed by atoms with Crippen molar-refractivity contribution in [3.63, 3.8) is 0 Å². The minimum atomic E-state index is 0.536. The molecule has 1 aromatic carbocycles. The van der Waals surface area contributed by atoms with Crippen molar-refractivity contribution in [1.29, 1.82) is 0 Å². The number of rotatable bonds is 3. The van der Waals surface area contributed by atoms with Gasteiger partial charge in [-0.05, 0) is 18.2 Å². The summed E-state index contributed by atoms with van der Waals surface area (Å²) in [5.41, 5.74) is 2.64. The lowest BCUT2D eigenvalue weighted by atomic mass is 10.2. The molecule has 0 unspecified atom stereocenters. The molecule has 0 atom stereocenters. The zero-order chi connectivity index (χ0) is 11.5. The molecule has 80 valence electrons. The van der Waals surface area contributed by atoms with Gasteiger partial charge < -0.3 is 4.98 Å². The Labute approximate surface area is 99.0 Å². The maximum Gasteiger partial charge on any atom is 0.139 e. The molecule has 0 bridgehead atoms. The Morgan fingerprint density at radius 2 is 2.00 bits per heavy atom. The van der Waals surface area contributed by atoms with Crippen LogP contribution in [0, 0.1) is 0 Å². The number of nitrogens with zero attached hydrogens (tertiary/aromatic N) is 1. The van der Waals surface area contributed by atoms with E-state index < -0.39 is 0 Å². The number of imidazole rings is 1. The number of H-pyrrole nitrogens is 1. The first-order valence-corrected chi connectivity index (χ1v) is 5.24. The van der Waals surface area contributed by atoms with E-state index in [9.17, 15) is 0 Å². The van der Waals surface area contributed by atoms with Gasteiger partial charge in [0.2, 0.25) is 0 Å². The summed E-state index contributed by atoms with van der Waals surface area (Å²) in [6, 6.07) is 7.81. The van der Waals surface area contributed by atoms with Gasteiger partial charge in [-0.25, -0.2) is 4.98 Å². The zero-order valence-electron chi connectivity index (χ0n) is 8.70. The largest absolute Gasteiger partial charge is 0.338 e. The number of hydrogen-bond donors (Lipinski definition) is 1. The maximum absolute atomic E-state index is 6.02. The van der Waals surface area contributed by atoms with E-state index in [-0.39, 0.29) is 0 Å². The summed E-state index contributed by atoms with van der Waals surface area (Å²) in [5, 5.41) is 0.536. The number of allylic oxidation sites excluding steroid dienone is 4. The average molecular weight is 231 g/mol. The van der Waals surface area contributed by atoms with Crippen LogP contribution in [0.25, 0.3) is 16.6 Å². The molecule has 0 amide bonds. The first kappa shape index (κ1) is 10.7. The van der Waals surface area contributed by atoms with E-state index in [1.807, 2.05) is 24.3 Å². The van der Waals surface area contributed by atoms with Crippen LogP contribution < -0.4 is 0 Å². The third kappa shape index (κ3) is 1.79. The van der Waals surface area contributed by atoms with Crippen molar-refractivity contribution in [3.8, 4) is 0 Å². The standard InChI is InChI=1S/C13H11ClN2/c1-3-9(10(14)4-2)13-15-11-7-5-6-8-12(11)16-13/h3-8H,1-2H2,(H,15,16). The van der Waals surface area contributed by atoms with E-state index >= 15 is 0 Å². The predicted molar refractivity (Wildman–Crippen MR) is 69.3 cm³/mol. The molecule has 0 fully saturated rings. The quantitative estimate of drug-likeness (QED) is 0.797. The van der Waals surface area contributed by atoms with Gasteiger partial charge in [0.25, 0.3) is 0 Å². The number of para-hydroxylation sites is 2. The lowest BCUT2D eigenvalue weighted by Gasteiger charge is -1.98. The first-order valence-electron chi connectivity index (χ1n) is 4.86. The summed E-state index contributed by atoms with van der Waals surface area (Å²) >= 11 is 6.02. The molecule has 3 heteroatoms. The molecule has 0 saturated carbocycles. The van der Waals surface area contributed by atoms with Crippen molar-refractivity contribution in [2.75, 3.05) is 0 Å². The van der Waals surface area contributed by atoms with Gasteiger partial charge in [0, 0.05) is 5.57 Å². The molecule has 1 heterocycles. The highest BCUT2D eigenvalue weighted by molar-refractivity contribution is 6.34. The van der Waals surface area contributed by atoms with Crippen molar-refractivity contribution < 1.29 is 0 Å². The van der Waals surface area contributed by atoms with Crippen LogP contribution in [-0.2, 0) is 0 Å². The van der Waals surface area contributed by atoms with Crippen LogP contribution in [-0.4, -0.2) is 9.97 Å². The topological polar surface area (TPSA) is 28.7 Å². The Morgan fingerprint density at radius 3 is 2.62 bits per heavy atom. The van der Waals surface area contributed by atoms with Gasteiger partial charge in [-0.1, -0.05) is 43.0 Å². The summed E-state index contributed by atoms with van der Waals surface area (Å²) in [6.45, 7) is 7.36. The van der Waals surface area contributed by atoms with Crippen LogP contribution in [0.4, 0.5) is 0 Å². The summed E-state index contributed by atoms with van der Waals surface area (Å²) in [4.78, 5) is 7.63. The number of aromatic nitrogens is 2. The van der Waals surface area contributed by atoms with E-state index in [2.05, 4.69) is 23.1 Å². The molecule has 0 aliphatic carbocycles. The van der Waals surface area contributed by atoms with E-state index in [0.29, 0.717) is 10.9 Å². The van der Waals surface area contributed by atoms with Crippen molar-refractivity contribution in [2.24, 2.45) is 0 Å². The fourth-order valence-electron chi connectivity index (χ4n) is 1.50. The van der Waals surface area contributed by atoms with Crippen LogP contribution in [0.2, 0.25) is 0 Å². The molecular weight excluding hydrogens is 220 g/mol. The molecule has 1 N–H and O–H groups in total. The monoisotopic (exact) mass is 230 g/mol. The van der Waals surface area contributed by atoms with E-state index in [1.165, 1.54) is 0 Å². The molecule has 0 saturated heterocycles. The van der Waals surface area contributed by atoms with Gasteiger partial charge in [0.15, 0.2) is 0 Å². The second-order valence-electron chi connectivity index (χ2n) is 3.27. The van der Waals surface area contributed by atoms with Crippen molar-refractivity contribution in [1.82, 2.24) is 9.97 Å². The van der Waals surface area contributed by atoms with E-state index in [4.69, 9.17) is 11.6 Å². The minimum Gasteiger partial charge on any atom is -0.338 e. The number of halogens is 1. The van der Waals surface area contributed by atoms with Gasteiger partial charge in [-0.3, -0.25) is 0 Å². The van der Waals surface area contributed by atoms with Crippen LogP contribution in [0.3, 0.4) is 0 Å². The normalized spacial score (nSPS) is 12.3. The summed E-state index contributed by atoms with van der Waals surface area (Å²) in [7, 11) is 0. The predicted octanol–water partition coefficient (Wildman–Crippen LogP) is 3.88. The van der Waals surface area contributed by atoms with E-state index in [0.717, 1.165) is 16.6 Å². The fourth-order valence-corrected chi connectivity index (χ4v) is 1.66. The van der Waals surface area contributed by atoms with Crippen molar-refractivity contribution >= 4 is 28.2 Å². The van der Waals surface area contributed by atoms with Gasteiger partial charge >= 0.3 is 0 Å². The lowest BCUT2D eigenvalue weighted by Crippen LogP contribution is -1.85. The summed E-state index contributed by atoms with van der Waals surface area (Å²) < 4.78 is 0. The smallest absolute Gasteiger partial charge is 0.139 e. The molecule has 2 aromatic rings. The van der Waals surface area contributed by atoms with Gasteiger partial charge in [0.05, 0.1) is 16.1 Å². The van der Waals surface area contributed by atoms with Crippen molar-refractivity contribution in [3.05, 3.63) is 60.4 Å². The lowest BCUT2D eigenvalue weighted by molar-refractivity contribution is 1.27. The maximum atomic E-state index is 6.02. The summed E-state index contributed by atoms with van der Waals surface area (Å²) in [5.74, 6) is 0.709.